The number of thioether (sulfide) groups is 1. The number of carbonyl (C=O) groups excluding carboxylic acids is 1. The number of carbonyl (C=O) groups is 1. The molecule has 1 aliphatic carbocycles. The molecule has 0 radical (unpaired) electrons. The molecule has 6 nitrogen and oxygen atoms in total. The van der Waals surface area contributed by atoms with Crippen LogP contribution in [0.5, 0.6) is 5.75 Å². The van der Waals surface area contributed by atoms with Crippen molar-refractivity contribution in [3.63, 3.8) is 0 Å². The van der Waals surface area contributed by atoms with Crippen LogP contribution in [0, 0.1) is 6.92 Å². The summed E-state index contributed by atoms with van der Waals surface area (Å²) >= 11 is 7.38. The van der Waals surface area contributed by atoms with Gasteiger partial charge < -0.3 is 10.5 Å². The predicted octanol–water partition coefficient (Wildman–Crippen LogP) is 4.29. The number of aromatic nitrogens is 3. The number of primary amides is 1. The van der Waals surface area contributed by atoms with E-state index in [0.717, 1.165) is 35.1 Å². The largest absolute Gasteiger partial charge is 0.485 e. The molecular formula is C19H25ClN4O2S. The first-order valence-electron chi connectivity index (χ1n) is 9.24. The van der Waals surface area contributed by atoms with Crippen LogP contribution in [0.3, 0.4) is 0 Å². The van der Waals surface area contributed by atoms with E-state index in [-0.39, 0.29) is 11.2 Å². The van der Waals surface area contributed by atoms with E-state index in [9.17, 15) is 4.79 Å². The van der Waals surface area contributed by atoms with Crippen LogP contribution in [-0.4, -0.2) is 25.9 Å². The van der Waals surface area contributed by atoms with Crippen LogP contribution >= 0.6 is 23.4 Å². The van der Waals surface area contributed by atoms with Crippen molar-refractivity contribution >= 4 is 29.3 Å². The van der Waals surface area contributed by atoms with Gasteiger partial charge in [0, 0.05) is 11.1 Å². The summed E-state index contributed by atoms with van der Waals surface area (Å²) in [6.45, 7) is 4.07. The van der Waals surface area contributed by atoms with Crippen molar-refractivity contribution in [3.05, 3.63) is 34.6 Å². The minimum Gasteiger partial charge on any atom is -0.485 e. The number of halogens is 1. The van der Waals surface area contributed by atoms with E-state index in [0.29, 0.717) is 17.7 Å². The summed E-state index contributed by atoms with van der Waals surface area (Å²) < 4.78 is 8.14. The number of rotatable bonds is 7. The Balaban J connectivity index is 1.82. The third kappa shape index (κ3) is 4.96. The van der Waals surface area contributed by atoms with Gasteiger partial charge in [-0.05, 0) is 50.5 Å². The maximum Gasteiger partial charge on any atom is 0.230 e. The predicted molar refractivity (Wildman–Crippen MR) is 107 cm³/mol. The average Bonchev–Trinajstić information content (AvgIpc) is 3.04. The zero-order valence-electron chi connectivity index (χ0n) is 15.7. The number of nitrogens with two attached hydrogens (primary N) is 1. The van der Waals surface area contributed by atoms with E-state index in [1.165, 1.54) is 31.0 Å². The summed E-state index contributed by atoms with van der Waals surface area (Å²) in [6.07, 6.45) is 5.81. The van der Waals surface area contributed by atoms with Crippen LogP contribution in [0.25, 0.3) is 0 Å². The zero-order chi connectivity index (χ0) is 19.4. The molecule has 1 heterocycles. The Morgan fingerprint density at radius 1 is 1.37 bits per heavy atom. The molecule has 0 aliphatic heterocycles. The van der Waals surface area contributed by atoms with Crippen molar-refractivity contribution in [1.29, 1.82) is 0 Å². The second-order valence-electron chi connectivity index (χ2n) is 6.92. The lowest BCUT2D eigenvalue weighted by Crippen LogP contribution is -2.24. The van der Waals surface area contributed by atoms with Crippen LogP contribution in [0.15, 0.2) is 23.4 Å². The summed E-state index contributed by atoms with van der Waals surface area (Å²) in [5, 5.41) is 9.75. The molecule has 2 aromatic rings. The van der Waals surface area contributed by atoms with Gasteiger partial charge in [-0.2, -0.15) is 0 Å². The maximum absolute atomic E-state index is 11.5. The normalized spacial score (nSPS) is 16.3. The molecule has 0 bridgehead atoms. The van der Waals surface area contributed by atoms with Crippen molar-refractivity contribution in [2.75, 3.05) is 0 Å². The second kappa shape index (κ2) is 8.97. The molecule has 1 amide bonds. The molecule has 1 aromatic carbocycles. The van der Waals surface area contributed by atoms with Gasteiger partial charge in [-0.25, -0.2) is 0 Å². The summed E-state index contributed by atoms with van der Waals surface area (Å²) in [5.41, 5.74) is 6.41. The SMILES string of the molecule is Cc1cc(Cl)ccc1OCc1nnc(S[C@@H](C)C(N)=O)n1C1CCCCC1. The number of amides is 1. The van der Waals surface area contributed by atoms with Crippen LogP contribution in [0.2, 0.25) is 5.02 Å². The maximum atomic E-state index is 11.5. The molecule has 3 rings (SSSR count). The third-order valence-electron chi connectivity index (χ3n) is 4.85. The Kier molecular flexibility index (Phi) is 6.65. The van der Waals surface area contributed by atoms with Gasteiger partial charge in [0.2, 0.25) is 5.91 Å². The molecule has 27 heavy (non-hydrogen) atoms. The molecule has 0 spiro atoms. The van der Waals surface area contributed by atoms with E-state index in [1.807, 2.05) is 25.1 Å². The van der Waals surface area contributed by atoms with Crippen LogP contribution < -0.4 is 10.5 Å². The zero-order valence-corrected chi connectivity index (χ0v) is 17.2. The topological polar surface area (TPSA) is 83.0 Å². The molecule has 0 saturated heterocycles. The lowest BCUT2D eigenvalue weighted by atomic mass is 9.95. The third-order valence-corrected chi connectivity index (χ3v) is 6.16. The van der Waals surface area contributed by atoms with Gasteiger partial charge in [-0.3, -0.25) is 9.36 Å². The monoisotopic (exact) mass is 408 g/mol. The Labute approximate surface area is 168 Å². The highest BCUT2D eigenvalue weighted by atomic mass is 35.5. The summed E-state index contributed by atoms with van der Waals surface area (Å²) in [4.78, 5) is 11.5. The number of hydrogen-bond donors (Lipinski definition) is 1. The van der Waals surface area contributed by atoms with Gasteiger partial charge >= 0.3 is 0 Å². The van der Waals surface area contributed by atoms with E-state index in [1.54, 1.807) is 6.92 Å². The van der Waals surface area contributed by atoms with E-state index in [2.05, 4.69) is 14.8 Å². The minimum atomic E-state index is -0.358. The Bertz CT molecular complexity index is 805. The van der Waals surface area contributed by atoms with Crippen molar-refractivity contribution in [1.82, 2.24) is 14.8 Å². The Morgan fingerprint density at radius 3 is 2.78 bits per heavy atom. The van der Waals surface area contributed by atoms with Crippen molar-refractivity contribution < 1.29 is 9.53 Å². The van der Waals surface area contributed by atoms with E-state index < -0.39 is 0 Å². The number of aryl methyl sites for hydroxylation is 1. The van der Waals surface area contributed by atoms with Gasteiger partial charge in [0.25, 0.3) is 0 Å². The highest BCUT2D eigenvalue weighted by molar-refractivity contribution is 8.00. The number of ether oxygens (including phenoxy) is 1. The van der Waals surface area contributed by atoms with Crippen molar-refractivity contribution in [2.24, 2.45) is 5.73 Å². The first kappa shape index (κ1) is 20.0. The standard InChI is InChI=1S/C19H25ClN4O2S/c1-12-10-14(20)8-9-16(12)26-11-17-22-23-19(27-13(2)18(21)25)24(17)15-6-4-3-5-7-15/h8-10,13,15H,3-7,11H2,1-2H3,(H2,21,25)/t13-/m0/s1. The highest BCUT2D eigenvalue weighted by Gasteiger charge is 2.25. The fraction of sp³-hybridized carbons (Fsp3) is 0.526. The molecule has 1 fully saturated rings. The fourth-order valence-electron chi connectivity index (χ4n) is 3.33. The molecule has 1 atom stereocenters. The van der Waals surface area contributed by atoms with Gasteiger partial charge in [-0.1, -0.05) is 42.6 Å². The van der Waals surface area contributed by atoms with Crippen LogP contribution in [0.4, 0.5) is 0 Å². The molecule has 146 valence electrons. The first-order chi connectivity index (χ1) is 13.0. The molecular weight excluding hydrogens is 384 g/mol. The quantitative estimate of drug-likeness (QED) is 0.691. The lowest BCUT2D eigenvalue weighted by molar-refractivity contribution is -0.117. The minimum absolute atomic E-state index is 0.317. The Hall–Kier alpha value is -1.73. The van der Waals surface area contributed by atoms with Crippen LogP contribution in [0.1, 0.15) is 56.5 Å². The fourth-order valence-corrected chi connectivity index (χ4v) is 4.44. The molecule has 1 saturated carbocycles. The smallest absolute Gasteiger partial charge is 0.230 e. The van der Waals surface area contributed by atoms with E-state index in [4.69, 9.17) is 22.1 Å². The summed E-state index contributed by atoms with van der Waals surface area (Å²) in [5.74, 6) is 1.19. The number of nitrogens with zero attached hydrogens (tertiary/aromatic N) is 3. The lowest BCUT2D eigenvalue weighted by Gasteiger charge is -2.26. The first-order valence-corrected chi connectivity index (χ1v) is 10.5. The summed E-state index contributed by atoms with van der Waals surface area (Å²) in [6, 6.07) is 5.88. The van der Waals surface area contributed by atoms with E-state index >= 15 is 0 Å². The molecule has 8 heteroatoms. The second-order valence-corrected chi connectivity index (χ2v) is 8.67. The van der Waals surface area contributed by atoms with Gasteiger partial charge in [0.05, 0.1) is 5.25 Å². The highest BCUT2D eigenvalue weighted by Crippen LogP contribution is 2.34. The molecule has 2 N–H and O–H groups in total. The number of hydrogen-bond acceptors (Lipinski definition) is 5. The van der Waals surface area contributed by atoms with Gasteiger partial charge in [0.1, 0.15) is 12.4 Å². The number of benzene rings is 1. The van der Waals surface area contributed by atoms with Gasteiger partial charge in [-0.15, -0.1) is 10.2 Å². The summed E-state index contributed by atoms with van der Waals surface area (Å²) in [7, 11) is 0. The average molecular weight is 409 g/mol. The molecule has 1 aliphatic rings. The van der Waals surface area contributed by atoms with Crippen LogP contribution in [-0.2, 0) is 11.4 Å². The Morgan fingerprint density at radius 2 is 2.11 bits per heavy atom. The molecule has 1 aromatic heterocycles. The van der Waals surface area contributed by atoms with Crippen molar-refractivity contribution in [2.45, 2.75) is 69.0 Å². The van der Waals surface area contributed by atoms with Gasteiger partial charge in [0.15, 0.2) is 11.0 Å². The van der Waals surface area contributed by atoms with Crippen molar-refractivity contribution in [3.8, 4) is 5.75 Å². The molecule has 0 unspecified atom stereocenters.